The molecule has 1 fully saturated rings. The first-order chi connectivity index (χ1) is 14.2. The van der Waals surface area contributed by atoms with Crippen molar-refractivity contribution in [1.82, 2.24) is 14.9 Å². The standard InChI is InChI=1S/C23H23FN4O/c24-20-9-7-19(8-10-20)21-16-22(26-17-25-21)27-12-14-28(15-13-27)23(29)11-6-18-4-2-1-3-5-18/h1-5,7-10,16-17H,6,11-15H2. The molecule has 148 valence electrons. The van der Waals surface area contributed by atoms with Crippen molar-refractivity contribution >= 4 is 11.7 Å². The first-order valence-electron chi connectivity index (χ1n) is 9.84. The zero-order valence-electron chi connectivity index (χ0n) is 16.2. The molecule has 2 heterocycles. The van der Waals surface area contributed by atoms with E-state index in [0.29, 0.717) is 19.5 Å². The van der Waals surface area contributed by atoms with Crippen LogP contribution in [0.3, 0.4) is 0 Å². The van der Waals surface area contributed by atoms with Gasteiger partial charge in [-0.25, -0.2) is 14.4 Å². The number of aryl methyl sites for hydroxylation is 1. The summed E-state index contributed by atoms with van der Waals surface area (Å²) in [6.07, 6.45) is 2.84. The van der Waals surface area contributed by atoms with Gasteiger partial charge in [0, 0.05) is 44.2 Å². The molecule has 0 radical (unpaired) electrons. The molecule has 0 saturated carbocycles. The number of hydrogen-bond acceptors (Lipinski definition) is 4. The van der Waals surface area contributed by atoms with E-state index >= 15 is 0 Å². The van der Waals surface area contributed by atoms with Crippen molar-refractivity contribution in [2.24, 2.45) is 0 Å². The molecule has 1 aliphatic rings. The Morgan fingerprint density at radius 3 is 2.38 bits per heavy atom. The topological polar surface area (TPSA) is 49.3 Å². The maximum atomic E-state index is 13.2. The Hall–Kier alpha value is -3.28. The molecule has 0 bridgehead atoms. The fraction of sp³-hybridized carbons (Fsp3) is 0.261. The molecule has 1 aliphatic heterocycles. The van der Waals surface area contributed by atoms with Gasteiger partial charge in [-0.2, -0.15) is 0 Å². The lowest BCUT2D eigenvalue weighted by Crippen LogP contribution is -2.49. The maximum absolute atomic E-state index is 13.2. The molecule has 0 unspecified atom stereocenters. The summed E-state index contributed by atoms with van der Waals surface area (Å²) in [5, 5.41) is 0. The van der Waals surface area contributed by atoms with Crippen LogP contribution in [-0.2, 0) is 11.2 Å². The van der Waals surface area contributed by atoms with Crippen LogP contribution in [0.5, 0.6) is 0 Å². The summed E-state index contributed by atoms with van der Waals surface area (Å²) in [5.41, 5.74) is 2.80. The molecule has 1 saturated heterocycles. The van der Waals surface area contributed by atoms with Crippen LogP contribution in [0.4, 0.5) is 10.2 Å². The predicted molar refractivity (Wildman–Crippen MR) is 111 cm³/mol. The quantitative estimate of drug-likeness (QED) is 0.668. The van der Waals surface area contributed by atoms with Crippen LogP contribution in [0.2, 0.25) is 0 Å². The fourth-order valence-electron chi connectivity index (χ4n) is 3.54. The Morgan fingerprint density at radius 1 is 0.931 bits per heavy atom. The summed E-state index contributed by atoms with van der Waals surface area (Å²) in [6.45, 7) is 2.83. The molecule has 0 N–H and O–H groups in total. The van der Waals surface area contributed by atoms with E-state index in [1.165, 1.54) is 24.0 Å². The molecule has 29 heavy (non-hydrogen) atoms. The minimum atomic E-state index is -0.268. The van der Waals surface area contributed by atoms with Crippen LogP contribution >= 0.6 is 0 Å². The van der Waals surface area contributed by atoms with Gasteiger partial charge in [0.15, 0.2) is 0 Å². The second kappa shape index (κ2) is 8.82. The van der Waals surface area contributed by atoms with E-state index in [9.17, 15) is 9.18 Å². The SMILES string of the molecule is O=C(CCc1ccccc1)N1CCN(c2cc(-c3ccc(F)cc3)ncn2)CC1. The number of piperazine rings is 1. The van der Waals surface area contributed by atoms with E-state index in [2.05, 4.69) is 27.0 Å². The highest BCUT2D eigenvalue weighted by atomic mass is 19.1. The van der Waals surface area contributed by atoms with Crippen molar-refractivity contribution in [3.8, 4) is 11.3 Å². The number of halogens is 1. The Labute approximate surface area is 169 Å². The van der Waals surface area contributed by atoms with Crippen LogP contribution in [-0.4, -0.2) is 47.0 Å². The Kier molecular flexibility index (Phi) is 5.79. The number of benzene rings is 2. The lowest BCUT2D eigenvalue weighted by atomic mass is 10.1. The second-order valence-corrected chi connectivity index (χ2v) is 7.12. The number of rotatable bonds is 5. The smallest absolute Gasteiger partial charge is 0.223 e. The van der Waals surface area contributed by atoms with Gasteiger partial charge in [0.25, 0.3) is 0 Å². The van der Waals surface area contributed by atoms with Gasteiger partial charge < -0.3 is 9.80 Å². The lowest BCUT2D eigenvalue weighted by molar-refractivity contribution is -0.131. The average Bonchev–Trinajstić information content (AvgIpc) is 2.79. The number of anilines is 1. The first kappa shape index (κ1) is 19.1. The van der Waals surface area contributed by atoms with Crippen molar-refractivity contribution in [3.05, 3.63) is 78.4 Å². The minimum absolute atomic E-state index is 0.197. The van der Waals surface area contributed by atoms with Crippen LogP contribution < -0.4 is 4.90 Å². The first-order valence-corrected chi connectivity index (χ1v) is 9.84. The fourth-order valence-corrected chi connectivity index (χ4v) is 3.54. The van der Waals surface area contributed by atoms with Crippen molar-refractivity contribution in [2.45, 2.75) is 12.8 Å². The lowest BCUT2D eigenvalue weighted by Gasteiger charge is -2.35. The van der Waals surface area contributed by atoms with E-state index in [0.717, 1.165) is 36.6 Å². The van der Waals surface area contributed by atoms with Crippen LogP contribution in [0.25, 0.3) is 11.3 Å². The number of aromatic nitrogens is 2. The van der Waals surface area contributed by atoms with E-state index in [4.69, 9.17) is 0 Å². The summed E-state index contributed by atoms with van der Waals surface area (Å²) in [7, 11) is 0. The summed E-state index contributed by atoms with van der Waals surface area (Å²) < 4.78 is 13.2. The van der Waals surface area contributed by atoms with E-state index in [1.54, 1.807) is 12.1 Å². The van der Waals surface area contributed by atoms with Gasteiger partial charge in [0.1, 0.15) is 18.0 Å². The highest BCUT2D eigenvalue weighted by Crippen LogP contribution is 2.22. The van der Waals surface area contributed by atoms with Crippen molar-refractivity contribution in [3.63, 3.8) is 0 Å². The van der Waals surface area contributed by atoms with Crippen LogP contribution in [0.15, 0.2) is 67.0 Å². The number of carbonyl (C=O) groups is 1. The third-order valence-corrected chi connectivity index (χ3v) is 5.22. The van der Waals surface area contributed by atoms with E-state index in [-0.39, 0.29) is 11.7 Å². The third-order valence-electron chi connectivity index (χ3n) is 5.22. The Morgan fingerprint density at radius 2 is 1.66 bits per heavy atom. The van der Waals surface area contributed by atoms with Crippen molar-refractivity contribution in [2.75, 3.05) is 31.1 Å². The van der Waals surface area contributed by atoms with Crippen molar-refractivity contribution in [1.29, 1.82) is 0 Å². The van der Waals surface area contributed by atoms with Gasteiger partial charge in [-0.1, -0.05) is 30.3 Å². The van der Waals surface area contributed by atoms with Gasteiger partial charge in [-0.15, -0.1) is 0 Å². The molecule has 0 spiro atoms. The molecule has 0 aliphatic carbocycles. The van der Waals surface area contributed by atoms with Gasteiger partial charge in [-0.05, 0) is 36.2 Å². The normalized spacial score (nSPS) is 14.1. The molecule has 1 aromatic heterocycles. The average molecular weight is 390 g/mol. The Balaban J connectivity index is 1.34. The summed E-state index contributed by atoms with van der Waals surface area (Å²) in [5.74, 6) is 0.759. The molecule has 1 amide bonds. The summed E-state index contributed by atoms with van der Waals surface area (Å²) >= 11 is 0. The number of amides is 1. The third kappa shape index (κ3) is 4.77. The van der Waals surface area contributed by atoms with E-state index in [1.807, 2.05) is 29.2 Å². The Bertz CT molecular complexity index is 954. The second-order valence-electron chi connectivity index (χ2n) is 7.12. The van der Waals surface area contributed by atoms with Gasteiger partial charge in [-0.3, -0.25) is 4.79 Å². The van der Waals surface area contributed by atoms with Gasteiger partial charge in [0.2, 0.25) is 5.91 Å². The molecule has 6 heteroatoms. The predicted octanol–water partition coefficient (Wildman–Crippen LogP) is 3.56. The number of hydrogen-bond donors (Lipinski definition) is 0. The molecule has 5 nitrogen and oxygen atoms in total. The summed E-state index contributed by atoms with van der Waals surface area (Å²) in [4.78, 5) is 25.3. The minimum Gasteiger partial charge on any atom is -0.353 e. The molecule has 2 aromatic carbocycles. The molecular formula is C23H23FN4O. The summed E-state index contributed by atoms with van der Waals surface area (Å²) in [6, 6.07) is 18.3. The highest BCUT2D eigenvalue weighted by molar-refractivity contribution is 5.76. The highest BCUT2D eigenvalue weighted by Gasteiger charge is 2.22. The molecular weight excluding hydrogens is 367 g/mol. The molecule has 0 atom stereocenters. The van der Waals surface area contributed by atoms with Gasteiger partial charge >= 0.3 is 0 Å². The number of nitrogens with zero attached hydrogens (tertiary/aromatic N) is 4. The number of carbonyl (C=O) groups excluding carboxylic acids is 1. The maximum Gasteiger partial charge on any atom is 0.223 e. The van der Waals surface area contributed by atoms with Crippen LogP contribution in [0, 0.1) is 5.82 Å². The van der Waals surface area contributed by atoms with Crippen LogP contribution in [0.1, 0.15) is 12.0 Å². The molecule has 3 aromatic rings. The molecule has 4 rings (SSSR count). The zero-order chi connectivity index (χ0) is 20.1. The zero-order valence-corrected chi connectivity index (χ0v) is 16.2. The van der Waals surface area contributed by atoms with Crippen molar-refractivity contribution < 1.29 is 9.18 Å². The monoisotopic (exact) mass is 390 g/mol. The van der Waals surface area contributed by atoms with E-state index < -0.39 is 0 Å². The largest absolute Gasteiger partial charge is 0.353 e. The van der Waals surface area contributed by atoms with Gasteiger partial charge in [0.05, 0.1) is 5.69 Å².